The highest BCUT2D eigenvalue weighted by molar-refractivity contribution is 6.79. The smallest absolute Gasteiger partial charge is 0.339 e. The summed E-state index contributed by atoms with van der Waals surface area (Å²) in [6, 6.07) is 1.83. The summed E-state index contributed by atoms with van der Waals surface area (Å²) in [7, 11) is -4.77. The molecule has 0 saturated carbocycles. The van der Waals surface area contributed by atoms with Gasteiger partial charge in [-0.15, -0.1) is 0 Å². The van der Waals surface area contributed by atoms with Gasteiger partial charge in [0.2, 0.25) is 0 Å². The van der Waals surface area contributed by atoms with Crippen molar-refractivity contribution in [1.29, 1.82) is 0 Å². The van der Waals surface area contributed by atoms with Crippen molar-refractivity contribution in [3.8, 4) is 11.5 Å². The molecule has 5 nitrogen and oxygen atoms in total. The van der Waals surface area contributed by atoms with Crippen LogP contribution in [0.25, 0.3) is 0 Å². The summed E-state index contributed by atoms with van der Waals surface area (Å²) in [5.74, 6) is -0.0357. The molecule has 0 spiro atoms. The Morgan fingerprint density at radius 3 is 1.40 bits per heavy atom. The van der Waals surface area contributed by atoms with E-state index in [9.17, 15) is 14.7 Å². The summed E-state index contributed by atoms with van der Waals surface area (Å²) in [4.78, 5) is 24.3. The van der Waals surface area contributed by atoms with E-state index in [2.05, 4.69) is 83.1 Å². The minimum Gasteiger partial charge on any atom is -0.542 e. The third kappa shape index (κ3) is 5.87. The molecule has 0 aliphatic rings. The van der Waals surface area contributed by atoms with Crippen LogP contribution in [0, 0.1) is 6.92 Å². The first-order valence-corrected chi connectivity index (χ1v) is 17.5. The number of hydrogen-bond acceptors (Lipinski definition) is 4. The zero-order valence-corrected chi connectivity index (χ0v) is 26.4. The maximum absolute atomic E-state index is 12.6. The zero-order chi connectivity index (χ0) is 27.5. The molecule has 0 amide bonds. The van der Waals surface area contributed by atoms with Gasteiger partial charge in [0.05, 0.1) is 0 Å². The number of hydrogen-bond donors (Lipinski definition) is 1. The van der Waals surface area contributed by atoms with Crippen molar-refractivity contribution >= 4 is 28.9 Å². The molecule has 7 heteroatoms. The summed E-state index contributed by atoms with van der Waals surface area (Å²) in [6.45, 7) is 28.3. The average molecular weight is 523 g/mol. The fraction of sp³-hybridized carbons (Fsp3) is 0.714. The summed E-state index contributed by atoms with van der Waals surface area (Å²) in [6.07, 6.45) is 0.790. The molecule has 1 rings (SSSR count). The van der Waals surface area contributed by atoms with E-state index < -0.39 is 22.6 Å². The summed E-state index contributed by atoms with van der Waals surface area (Å²) in [5.41, 5.74) is 3.23. The number of carboxylic acid groups (broad SMARTS) is 1. The van der Waals surface area contributed by atoms with E-state index in [-0.39, 0.29) is 28.6 Å². The van der Waals surface area contributed by atoms with Gasteiger partial charge in [0.1, 0.15) is 23.3 Å². The van der Waals surface area contributed by atoms with Crippen LogP contribution in [0.2, 0.25) is 33.2 Å². The molecule has 0 fully saturated rings. The number of aldehydes is 1. The van der Waals surface area contributed by atoms with E-state index in [4.69, 9.17) is 8.85 Å². The van der Waals surface area contributed by atoms with Crippen LogP contribution in [0.5, 0.6) is 11.5 Å². The van der Waals surface area contributed by atoms with Gasteiger partial charge in [-0.3, -0.25) is 0 Å². The predicted molar refractivity (Wildman–Crippen MR) is 151 cm³/mol. The lowest BCUT2D eigenvalue weighted by atomic mass is 9.97. The largest absolute Gasteiger partial charge is 0.542 e. The van der Waals surface area contributed by atoms with Crippen molar-refractivity contribution in [2.45, 2.75) is 130 Å². The van der Waals surface area contributed by atoms with Crippen molar-refractivity contribution in [3.63, 3.8) is 0 Å². The minimum absolute atomic E-state index is 0.0141. The number of aromatic carboxylic acids is 1. The fourth-order valence-corrected chi connectivity index (χ4v) is 17.2. The maximum Gasteiger partial charge on any atom is 0.339 e. The van der Waals surface area contributed by atoms with Gasteiger partial charge < -0.3 is 18.8 Å². The Morgan fingerprint density at radius 2 is 1.11 bits per heavy atom. The normalized spacial score (nSPS) is 13.0. The van der Waals surface area contributed by atoms with Crippen LogP contribution in [0.4, 0.5) is 0 Å². The zero-order valence-electron chi connectivity index (χ0n) is 24.4. The van der Waals surface area contributed by atoms with E-state index in [1.165, 1.54) is 0 Å². The van der Waals surface area contributed by atoms with E-state index >= 15 is 0 Å². The predicted octanol–water partition coefficient (Wildman–Crippen LogP) is 8.54. The molecule has 0 heterocycles. The molecule has 1 aromatic rings. The van der Waals surface area contributed by atoms with Crippen molar-refractivity contribution in [1.82, 2.24) is 0 Å². The van der Waals surface area contributed by atoms with Gasteiger partial charge in [-0.2, -0.15) is 0 Å². The molecule has 0 unspecified atom stereocenters. The van der Waals surface area contributed by atoms with Crippen LogP contribution in [0.1, 0.15) is 105 Å². The van der Waals surface area contributed by atoms with Gasteiger partial charge >= 0.3 is 5.97 Å². The van der Waals surface area contributed by atoms with E-state index in [0.29, 0.717) is 33.7 Å². The Balaban J connectivity index is 4.05. The number of rotatable bonds is 13. The lowest BCUT2D eigenvalue weighted by Crippen LogP contribution is -2.51. The summed E-state index contributed by atoms with van der Waals surface area (Å²) < 4.78 is 14.0. The molecule has 0 radical (unpaired) electrons. The SMILES string of the molecule is Cc1c(O[Si](C(C)C)(C(C)C)C(C)C)cc(O[Si](C(C)C)(C(C)C)C(C)C)c(C(=O)O)c1CC=O. The molecule has 0 bridgehead atoms. The molecule has 0 saturated heterocycles. The van der Waals surface area contributed by atoms with Crippen LogP contribution in [-0.4, -0.2) is 34.0 Å². The van der Waals surface area contributed by atoms with Crippen LogP contribution in [0.3, 0.4) is 0 Å². The van der Waals surface area contributed by atoms with Crippen LogP contribution in [-0.2, 0) is 11.2 Å². The molecule has 0 aliphatic carbocycles. The van der Waals surface area contributed by atoms with Crippen molar-refractivity contribution < 1.29 is 23.5 Å². The van der Waals surface area contributed by atoms with Gasteiger partial charge in [0, 0.05) is 12.5 Å². The second-order valence-corrected chi connectivity index (χ2v) is 22.6. The van der Waals surface area contributed by atoms with Gasteiger partial charge in [0.15, 0.2) is 0 Å². The number of carbonyl (C=O) groups is 2. The van der Waals surface area contributed by atoms with Crippen LogP contribution in [0.15, 0.2) is 6.07 Å². The molecule has 0 atom stereocenters. The highest BCUT2D eigenvalue weighted by Crippen LogP contribution is 2.48. The lowest BCUT2D eigenvalue weighted by Gasteiger charge is -2.44. The number of carboxylic acids is 1. The average Bonchev–Trinajstić information content (AvgIpc) is 2.70. The van der Waals surface area contributed by atoms with E-state index in [1.54, 1.807) is 0 Å². The molecule has 1 aromatic carbocycles. The quantitative estimate of drug-likeness (QED) is 0.207. The molecule has 200 valence electrons. The second-order valence-electron chi connectivity index (χ2n) is 11.9. The van der Waals surface area contributed by atoms with Gasteiger partial charge in [0.25, 0.3) is 16.6 Å². The molecule has 0 aromatic heterocycles. The topological polar surface area (TPSA) is 72.8 Å². The van der Waals surface area contributed by atoms with Gasteiger partial charge in [-0.05, 0) is 51.3 Å². The molecule has 1 N–H and O–H groups in total. The fourth-order valence-electron chi connectivity index (χ4n) is 6.63. The highest BCUT2D eigenvalue weighted by atomic mass is 28.4. The Kier molecular flexibility index (Phi) is 10.9. The number of benzene rings is 1. The Morgan fingerprint density at radius 1 is 0.771 bits per heavy atom. The summed E-state index contributed by atoms with van der Waals surface area (Å²) in [5, 5.41) is 10.3. The van der Waals surface area contributed by atoms with Crippen molar-refractivity contribution in [3.05, 3.63) is 22.8 Å². The van der Waals surface area contributed by atoms with Crippen molar-refractivity contribution in [2.24, 2.45) is 0 Å². The van der Waals surface area contributed by atoms with Crippen LogP contribution >= 0.6 is 0 Å². The third-order valence-electron chi connectivity index (χ3n) is 8.12. The molecule has 35 heavy (non-hydrogen) atoms. The Labute approximate surface area is 216 Å². The van der Waals surface area contributed by atoms with Gasteiger partial charge in [-0.1, -0.05) is 83.1 Å². The maximum atomic E-state index is 12.6. The highest BCUT2D eigenvalue weighted by Gasteiger charge is 2.49. The molecule has 0 aliphatic heterocycles. The molecular formula is C28H50O5Si2. The first-order valence-electron chi connectivity index (χ1n) is 13.2. The van der Waals surface area contributed by atoms with Crippen molar-refractivity contribution in [2.75, 3.05) is 0 Å². The van der Waals surface area contributed by atoms with Gasteiger partial charge in [-0.25, -0.2) is 4.79 Å². The number of carbonyl (C=O) groups excluding carboxylic acids is 1. The molecular weight excluding hydrogens is 472 g/mol. The minimum atomic E-state index is -2.45. The summed E-state index contributed by atoms with van der Waals surface area (Å²) >= 11 is 0. The van der Waals surface area contributed by atoms with E-state index in [1.807, 2.05) is 13.0 Å². The first kappa shape index (κ1) is 31.4. The Hall–Kier alpha value is -1.61. The first-order chi connectivity index (χ1) is 16.0. The van der Waals surface area contributed by atoms with E-state index in [0.717, 1.165) is 11.8 Å². The standard InChI is InChI=1S/C28H50O5Si2/c1-17(2)34(18(3)4,19(5)6)32-25-16-26(27(28(30)31)24(14-15-29)23(25)13)33-35(20(7)8,21(9)10)22(11)12/h15-22H,14H2,1-13H3,(H,30,31). The monoisotopic (exact) mass is 522 g/mol. The third-order valence-corrected chi connectivity index (χ3v) is 20.1. The Bertz CT molecular complexity index is 844. The second kappa shape index (κ2) is 12.1. The lowest BCUT2D eigenvalue weighted by molar-refractivity contribution is -0.107. The van der Waals surface area contributed by atoms with Crippen LogP contribution < -0.4 is 8.85 Å².